The van der Waals surface area contributed by atoms with Crippen molar-refractivity contribution in [2.45, 2.75) is 43.9 Å². The maximum Gasteiger partial charge on any atom is 0.0379 e. The molecule has 1 heteroatoms. The summed E-state index contributed by atoms with van der Waals surface area (Å²) in [5.74, 6) is 0. The zero-order chi connectivity index (χ0) is 10.1. The molecule has 3 rings (SSSR count). The van der Waals surface area contributed by atoms with E-state index in [0.717, 1.165) is 0 Å². The molecule has 1 aromatic rings. The van der Waals surface area contributed by atoms with E-state index in [1.54, 1.807) is 5.56 Å². The van der Waals surface area contributed by atoms with Gasteiger partial charge in [-0.2, -0.15) is 0 Å². The smallest absolute Gasteiger partial charge is 0.0379 e. The average Bonchev–Trinajstić information content (AvgIpc) is 2.48. The first-order valence-electron chi connectivity index (χ1n) is 6.24. The van der Waals surface area contributed by atoms with Gasteiger partial charge in [-0.25, -0.2) is 0 Å². The van der Waals surface area contributed by atoms with Gasteiger partial charge in [-0.15, -0.1) is 0 Å². The van der Waals surface area contributed by atoms with Crippen LogP contribution in [0.2, 0.25) is 0 Å². The van der Waals surface area contributed by atoms with Gasteiger partial charge in [0.1, 0.15) is 0 Å². The molecular formula is C14H19N. The minimum absolute atomic E-state index is 0.479. The second kappa shape index (κ2) is 3.55. The molecule has 1 N–H and O–H groups in total. The molecule has 15 heavy (non-hydrogen) atoms. The number of benzene rings is 1. The van der Waals surface area contributed by atoms with Crippen molar-refractivity contribution in [1.29, 1.82) is 0 Å². The molecule has 1 aliphatic heterocycles. The average molecular weight is 201 g/mol. The van der Waals surface area contributed by atoms with Crippen molar-refractivity contribution in [3.8, 4) is 0 Å². The summed E-state index contributed by atoms with van der Waals surface area (Å²) in [5.41, 5.74) is 3.46. The van der Waals surface area contributed by atoms with Gasteiger partial charge in [0.05, 0.1) is 0 Å². The monoisotopic (exact) mass is 201 g/mol. The molecule has 1 aromatic carbocycles. The molecule has 1 aliphatic carbocycles. The van der Waals surface area contributed by atoms with E-state index in [1.807, 2.05) is 0 Å². The van der Waals surface area contributed by atoms with Crippen molar-refractivity contribution in [2.24, 2.45) is 0 Å². The Kier molecular flexibility index (Phi) is 2.19. The number of para-hydroxylation sites is 1. The number of nitrogens with one attached hydrogen (secondary N) is 1. The molecule has 0 amide bonds. The van der Waals surface area contributed by atoms with E-state index < -0.39 is 0 Å². The SMILES string of the molecule is c1ccc2c(c1)NCC21CCCCCC1. The molecule has 0 radical (unpaired) electrons. The fourth-order valence-corrected chi connectivity index (χ4v) is 3.31. The molecule has 0 saturated heterocycles. The Bertz CT molecular complexity index is 348. The first-order chi connectivity index (χ1) is 7.41. The Hall–Kier alpha value is -0.980. The van der Waals surface area contributed by atoms with Crippen LogP contribution in [0, 0.1) is 0 Å². The van der Waals surface area contributed by atoms with Crippen LogP contribution in [0.3, 0.4) is 0 Å². The Labute approximate surface area is 91.9 Å². The lowest BCUT2D eigenvalue weighted by molar-refractivity contribution is 0.408. The topological polar surface area (TPSA) is 12.0 Å². The third kappa shape index (κ3) is 1.45. The maximum atomic E-state index is 3.59. The second-order valence-corrected chi connectivity index (χ2v) is 5.09. The van der Waals surface area contributed by atoms with Gasteiger partial charge >= 0.3 is 0 Å². The summed E-state index contributed by atoms with van der Waals surface area (Å²) < 4.78 is 0. The van der Waals surface area contributed by atoms with Crippen LogP contribution in [-0.4, -0.2) is 6.54 Å². The standard InChI is InChI=1S/C14H19N/c1-2-6-10-14(9-5-1)11-15-13-8-4-3-7-12(13)14/h3-4,7-8,15H,1-2,5-6,9-11H2. The van der Waals surface area contributed by atoms with Crippen molar-refractivity contribution < 1.29 is 0 Å². The van der Waals surface area contributed by atoms with Crippen LogP contribution in [0.4, 0.5) is 5.69 Å². The number of hydrogen-bond donors (Lipinski definition) is 1. The number of rotatable bonds is 0. The highest BCUT2D eigenvalue weighted by atomic mass is 14.9. The molecule has 80 valence electrons. The second-order valence-electron chi connectivity index (χ2n) is 5.09. The van der Waals surface area contributed by atoms with E-state index in [4.69, 9.17) is 0 Å². The highest BCUT2D eigenvalue weighted by Gasteiger charge is 2.38. The minimum Gasteiger partial charge on any atom is -0.384 e. The summed E-state index contributed by atoms with van der Waals surface area (Å²) in [5, 5.41) is 3.59. The summed E-state index contributed by atoms with van der Waals surface area (Å²) in [6.07, 6.45) is 8.47. The van der Waals surface area contributed by atoms with Gasteiger partial charge in [0.2, 0.25) is 0 Å². The molecule has 2 aliphatic rings. The van der Waals surface area contributed by atoms with E-state index in [2.05, 4.69) is 29.6 Å². The zero-order valence-corrected chi connectivity index (χ0v) is 9.26. The molecule has 0 unspecified atom stereocenters. The lowest BCUT2D eigenvalue weighted by atomic mass is 9.76. The van der Waals surface area contributed by atoms with Crippen molar-refractivity contribution in [1.82, 2.24) is 0 Å². The lowest BCUT2D eigenvalue weighted by Gasteiger charge is -2.27. The van der Waals surface area contributed by atoms with Gasteiger partial charge in [-0.1, -0.05) is 43.9 Å². The van der Waals surface area contributed by atoms with Crippen LogP contribution in [0.15, 0.2) is 24.3 Å². The fourth-order valence-electron chi connectivity index (χ4n) is 3.31. The van der Waals surface area contributed by atoms with Gasteiger partial charge in [0, 0.05) is 17.6 Å². The van der Waals surface area contributed by atoms with Crippen LogP contribution in [0.5, 0.6) is 0 Å². The summed E-state index contributed by atoms with van der Waals surface area (Å²) in [7, 11) is 0. The molecular weight excluding hydrogens is 182 g/mol. The first kappa shape index (κ1) is 9.26. The zero-order valence-electron chi connectivity index (χ0n) is 9.26. The van der Waals surface area contributed by atoms with Crippen LogP contribution in [-0.2, 0) is 5.41 Å². The van der Waals surface area contributed by atoms with Crippen LogP contribution in [0.25, 0.3) is 0 Å². The van der Waals surface area contributed by atoms with Crippen molar-refractivity contribution >= 4 is 5.69 Å². The van der Waals surface area contributed by atoms with Gasteiger partial charge in [-0.3, -0.25) is 0 Å². The third-order valence-corrected chi connectivity index (χ3v) is 4.18. The molecule has 1 nitrogen and oxygen atoms in total. The number of fused-ring (bicyclic) bond motifs is 2. The molecule has 0 bridgehead atoms. The highest BCUT2D eigenvalue weighted by Crippen LogP contribution is 2.45. The Morgan fingerprint density at radius 3 is 2.47 bits per heavy atom. The summed E-state index contributed by atoms with van der Waals surface area (Å²) >= 11 is 0. The predicted molar refractivity (Wildman–Crippen MR) is 64.3 cm³/mol. The van der Waals surface area contributed by atoms with Gasteiger partial charge < -0.3 is 5.32 Å². The lowest BCUT2D eigenvalue weighted by Crippen LogP contribution is -2.27. The normalized spacial score (nSPS) is 23.2. The Morgan fingerprint density at radius 1 is 0.933 bits per heavy atom. The number of anilines is 1. The van der Waals surface area contributed by atoms with E-state index in [0.29, 0.717) is 5.41 Å². The predicted octanol–water partition coefficient (Wildman–Crippen LogP) is 3.70. The van der Waals surface area contributed by atoms with Crippen molar-refractivity contribution in [2.75, 3.05) is 11.9 Å². The summed E-state index contributed by atoms with van der Waals surface area (Å²) in [6, 6.07) is 8.90. The van der Waals surface area contributed by atoms with Crippen LogP contribution < -0.4 is 5.32 Å². The van der Waals surface area contributed by atoms with E-state index in [1.165, 1.54) is 50.8 Å². The maximum absolute atomic E-state index is 3.59. The Morgan fingerprint density at radius 2 is 1.67 bits per heavy atom. The van der Waals surface area contributed by atoms with E-state index in [9.17, 15) is 0 Å². The van der Waals surface area contributed by atoms with E-state index >= 15 is 0 Å². The molecule has 0 atom stereocenters. The minimum atomic E-state index is 0.479. The van der Waals surface area contributed by atoms with Gasteiger partial charge in [-0.05, 0) is 24.5 Å². The molecule has 0 aromatic heterocycles. The van der Waals surface area contributed by atoms with Gasteiger partial charge in [0.15, 0.2) is 0 Å². The van der Waals surface area contributed by atoms with Crippen LogP contribution >= 0.6 is 0 Å². The largest absolute Gasteiger partial charge is 0.384 e. The van der Waals surface area contributed by atoms with Crippen molar-refractivity contribution in [3.05, 3.63) is 29.8 Å². The fraction of sp³-hybridized carbons (Fsp3) is 0.571. The Balaban J connectivity index is 1.99. The van der Waals surface area contributed by atoms with E-state index in [-0.39, 0.29) is 0 Å². The van der Waals surface area contributed by atoms with Gasteiger partial charge in [0.25, 0.3) is 0 Å². The van der Waals surface area contributed by atoms with Crippen LogP contribution in [0.1, 0.15) is 44.1 Å². The molecule has 1 heterocycles. The summed E-state index contributed by atoms with van der Waals surface area (Å²) in [6.45, 7) is 1.17. The highest BCUT2D eigenvalue weighted by molar-refractivity contribution is 5.60. The quantitative estimate of drug-likeness (QED) is 0.674. The molecule has 1 spiro atoms. The number of hydrogen-bond acceptors (Lipinski definition) is 1. The molecule has 1 fully saturated rings. The molecule has 1 saturated carbocycles. The summed E-state index contributed by atoms with van der Waals surface area (Å²) in [4.78, 5) is 0. The first-order valence-corrected chi connectivity index (χ1v) is 6.24. The van der Waals surface area contributed by atoms with Crippen molar-refractivity contribution in [3.63, 3.8) is 0 Å². The third-order valence-electron chi connectivity index (χ3n) is 4.18.